The minimum absolute atomic E-state index is 0.0337. The van der Waals surface area contributed by atoms with Crippen molar-refractivity contribution in [2.75, 3.05) is 31.1 Å². The normalized spacial score (nSPS) is 22.1. The number of piperidine rings is 1. The Morgan fingerprint density at radius 1 is 1.03 bits per heavy atom. The lowest BCUT2D eigenvalue weighted by atomic mass is 10.1. The Labute approximate surface area is 208 Å². The van der Waals surface area contributed by atoms with Crippen LogP contribution in [0.25, 0.3) is 10.2 Å². The molecule has 0 unspecified atom stereocenters. The Kier molecular flexibility index (Phi) is 6.88. The van der Waals surface area contributed by atoms with Crippen molar-refractivity contribution in [2.24, 2.45) is 0 Å². The number of hydrogen-bond acceptors (Lipinski definition) is 6. The van der Waals surface area contributed by atoms with E-state index in [0.717, 1.165) is 53.4 Å². The van der Waals surface area contributed by atoms with Gasteiger partial charge in [-0.3, -0.25) is 9.80 Å². The van der Waals surface area contributed by atoms with Gasteiger partial charge in [0.15, 0.2) is 5.13 Å². The molecule has 9 heteroatoms. The molecule has 0 saturated carbocycles. The maximum Gasteiger partial charge on any atom is 0.410 e. The number of likely N-dealkylation sites (tertiary alicyclic amines) is 1. The van der Waals surface area contributed by atoms with E-state index in [1.165, 1.54) is 35.6 Å². The first-order valence-electron chi connectivity index (χ1n) is 12.1. The first-order chi connectivity index (χ1) is 16.9. The SMILES string of the molecule is C[C@@H]1CN(c2nc3ccc(F)cc3s2)C[C@H](C)N1C(=O)OC1CCN(Cc2ccc(F)cc2)CC1. The molecule has 2 fully saturated rings. The van der Waals surface area contributed by atoms with E-state index in [0.29, 0.717) is 13.1 Å². The van der Waals surface area contributed by atoms with E-state index >= 15 is 0 Å². The monoisotopic (exact) mass is 500 g/mol. The number of anilines is 1. The first-order valence-corrected chi connectivity index (χ1v) is 12.9. The van der Waals surface area contributed by atoms with Crippen LogP contribution >= 0.6 is 11.3 Å². The van der Waals surface area contributed by atoms with Crippen molar-refractivity contribution >= 4 is 32.8 Å². The highest BCUT2D eigenvalue weighted by molar-refractivity contribution is 7.22. The molecular weight excluding hydrogens is 470 g/mol. The van der Waals surface area contributed by atoms with Gasteiger partial charge in [0, 0.05) is 32.7 Å². The average molecular weight is 501 g/mol. The highest BCUT2D eigenvalue weighted by atomic mass is 32.1. The molecule has 0 bridgehead atoms. The second-order valence-corrected chi connectivity index (χ2v) is 10.6. The Bertz CT molecular complexity index is 1170. The number of carbonyl (C=O) groups is 1. The largest absolute Gasteiger partial charge is 0.446 e. The van der Waals surface area contributed by atoms with E-state index in [2.05, 4.69) is 14.8 Å². The third-order valence-electron chi connectivity index (χ3n) is 6.86. The van der Waals surface area contributed by atoms with Crippen molar-refractivity contribution < 1.29 is 18.3 Å². The maximum atomic E-state index is 13.6. The van der Waals surface area contributed by atoms with Crippen molar-refractivity contribution in [3.05, 3.63) is 59.7 Å². The molecule has 0 spiro atoms. The minimum Gasteiger partial charge on any atom is -0.446 e. The molecule has 3 aromatic rings. The van der Waals surface area contributed by atoms with Crippen LogP contribution in [0.3, 0.4) is 0 Å². The number of aromatic nitrogens is 1. The summed E-state index contributed by atoms with van der Waals surface area (Å²) in [6.45, 7) is 7.81. The number of thiazole rings is 1. The van der Waals surface area contributed by atoms with Gasteiger partial charge in [-0.2, -0.15) is 0 Å². The fraction of sp³-hybridized carbons (Fsp3) is 0.462. The van der Waals surface area contributed by atoms with Crippen LogP contribution in [0.15, 0.2) is 42.5 Å². The molecule has 186 valence electrons. The van der Waals surface area contributed by atoms with Crippen LogP contribution in [-0.4, -0.2) is 65.2 Å². The van der Waals surface area contributed by atoms with Gasteiger partial charge in [0.2, 0.25) is 0 Å². The second-order valence-electron chi connectivity index (χ2n) is 9.60. The highest BCUT2D eigenvalue weighted by Gasteiger charge is 2.36. The van der Waals surface area contributed by atoms with Crippen molar-refractivity contribution in [2.45, 2.75) is 51.4 Å². The predicted octanol–water partition coefficient (Wildman–Crippen LogP) is 5.27. The number of halogens is 2. The molecule has 2 saturated heterocycles. The zero-order valence-electron chi connectivity index (χ0n) is 20.0. The number of benzene rings is 2. The topological polar surface area (TPSA) is 48.9 Å². The van der Waals surface area contributed by atoms with E-state index in [-0.39, 0.29) is 35.9 Å². The third-order valence-corrected chi connectivity index (χ3v) is 7.94. The summed E-state index contributed by atoms with van der Waals surface area (Å²) in [5.41, 5.74) is 1.87. The van der Waals surface area contributed by atoms with Gasteiger partial charge in [-0.15, -0.1) is 0 Å². The van der Waals surface area contributed by atoms with Crippen LogP contribution in [0.1, 0.15) is 32.3 Å². The molecule has 0 radical (unpaired) electrons. The van der Waals surface area contributed by atoms with Gasteiger partial charge in [0.05, 0.1) is 22.3 Å². The van der Waals surface area contributed by atoms with E-state index in [1.54, 1.807) is 6.07 Å². The number of ether oxygens (including phenoxy) is 1. The van der Waals surface area contributed by atoms with Crippen LogP contribution in [-0.2, 0) is 11.3 Å². The summed E-state index contributed by atoms with van der Waals surface area (Å²) in [5, 5.41) is 0.853. The average Bonchev–Trinajstić information content (AvgIpc) is 3.25. The molecule has 5 rings (SSSR count). The zero-order chi connectivity index (χ0) is 24.5. The summed E-state index contributed by atoms with van der Waals surface area (Å²) < 4.78 is 33.4. The van der Waals surface area contributed by atoms with Crippen LogP contribution in [0.5, 0.6) is 0 Å². The fourth-order valence-corrected chi connectivity index (χ4v) is 6.11. The third kappa shape index (κ3) is 5.41. The number of rotatable bonds is 4. The number of hydrogen-bond donors (Lipinski definition) is 0. The van der Waals surface area contributed by atoms with E-state index in [4.69, 9.17) is 4.74 Å². The van der Waals surface area contributed by atoms with E-state index < -0.39 is 0 Å². The molecule has 3 heterocycles. The molecule has 1 aromatic heterocycles. The summed E-state index contributed by atoms with van der Waals surface area (Å²) in [6.07, 6.45) is 1.23. The Balaban J connectivity index is 1.14. The van der Waals surface area contributed by atoms with Crippen LogP contribution in [0.4, 0.5) is 18.7 Å². The molecule has 6 nitrogen and oxygen atoms in total. The number of amides is 1. The molecule has 2 aromatic carbocycles. The maximum absolute atomic E-state index is 13.6. The van der Waals surface area contributed by atoms with Gasteiger partial charge in [-0.1, -0.05) is 23.5 Å². The Morgan fingerprint density at radius 3 is 2.37 bits per heavy atom. The number of piperazine rings is 1. The smallest absolute Gasteiger partial charge is 0.410 e. The number of nitrogens with zero attached hydrogens (tertiary/aromatic N) is 4. The van der Waals surface area contributed by atoms with Crippen molar-refractivity contribution in [1.29, 1.82) is 0 Å². The van der Waals surface area contributed by atoms with Crippen LogP contribution in [0, 0.1) is 11.6 Å². The summed E-state index contributed by atoms with van der Waals surface area (Å²) in [7, 11) is 0. The van der Waals surface area contributed by atoms with Gasteiger partial charge in [0.1, 0.15) is 17.7 Å². The lowest BCUT2D eigenvalue weighted by Gasteiger charge is -2.44. The van der Waals surface area contributed by atoms with Crippen LogP contribution < -0.4 is 4.90 Å². The molecule has 0 N–H and O–H groups in total. The fourth-order valence-electron chi connectivity index (χ4n) is 5.10. The summed E-state index contributed by atoms with van der Waals surface area (Å²) in [5.74, 6) is -0.484. The Hall–Kier alpha value is -2.78. The predicted molar refractivity (Wildman–Crippen MR) is 134 cm³/mol. The molecule has 2 aliphatic rings. The molecule has 2 atom stereocenters. The van der Waals surface area contributed by atoms with Crippen LogP contribution in [0.2, 0.25) is 0 Å². The number of fused-ring (bicyclic) bond motifs is 1. The first kappa shape index (κ1) is 23.9. The summed E-state index contributed by atoms with van der Waals surface area (Å²) >= 11 is 1.48. The molecule has 0 aliphatic carbocycles. The molecule has 35 heavy (non-hydrogen) atoms. The second kappa shape index (κ2) is 10.1. The van der Waals surface area contributed by atoms with Crippen molar-refractivity contribution in [3.8, 4) is 0 Å². The van der Waals surface area contributed by atoms with Gasteiger partial charge < -0.3 is 9.64 Å². The van der Waals surface area contributed by atoms with Crippen molar-refractivity contribution in [1.82, 2.24) is 14.8 Å². The van der Waals surface area contributed by atoms with Gasteiger partial charge in [0.25, 0.3) is 0 Å². The Morgan fingerprint density at radius 2 is 1.69 bits per heavy atom. The summed E-state index contributed by atoms with van der Waals surface area (Å²) in [6, 6.07) is 11.2. The van der Waals surface area contributed by atoms with E-state index in [1.807, 2.05) is 30.9 Å². The van der Waals surface area contributed by atoms with Gasteiger partial charge in [-0.25, -0.2) is 18.6 Å². The molecule has 2 aliphatic heterocycles. The van der Waals surface area contributed by atoms with Gasteiger partial charge >= 0.3 is 6.09 Å². The molecular formula is C26H30F2N4O2S. The lowest BCUT2D eigenvalue weighted by Crippen LogP contribution is -2.59. The lowest BCUT2D eigenvalue weighted by molar-refractivity contribution is 0.0101. The van der Waals surface area contributed by atoms with Crippen molar-refractivity contribution in [3.63, 3.8) is 0 Å². The highest BCUT2D eigenvalue weighted by Crippen LogP contribution is 2.32. The zero-order valence-corrected chi connectivity index (χ0v) is 20.8. The number of carbonyl (C=O) groups excluding carboxylic acids is 1. The quantitative estimate of drug-likeness (QED) is 0.488. The standard InChI is InChI=1S/C26H30F2N4O2S/c1-17-14-31(25-29-23-8-7-21(28)13-24(23)35-25)15-18(2)32(17)26(33)34-22-9-11-30(12-10-22)16-19-3-5-20(27)6-4-19/h3-8,13,17-18,22H,9-12,14-16H2,1-2H3/t17-,18+. The summed E-state index contributed by atoms with van der Waals surface area (Å²) in [4.78, 5) is 24.1. The minimum atomic E-state index is -0.261. The van der Waals surface area contributed by atoms with E-state index in [9.17, 15) is 13.6 Å². The van der Waals surface area contributed by atoms with Gasteiger partial charge in [-0.05, 0) is 62.6 Å². The molecule has 1 amide bonds.